The summed E-state index contributed by atoms with van der Waals surface area (Å²) in [7, 11) is -3.48. The van der Waals surface area contributed by atoms with Crippen LogP contribution in [0.1, 0.15) is 0 Å². The number of rotatable bonds is 2. The van der Waals surface area contributed by atoms with E-state index >= 15 is 0 Å². The van der Waals surface area contributed by atoms with Gasteiger partial charge in [0.25, 0.3) is 5.56 Å². The van der Waals surface area contributed by atoms with E-state index in [0.717, 1.165) is 12.3 Å². The fraction of sp³-hybridized carbons (Fsp3) is 0.0769. The molecule has 0 saturated heterocycles. The molecule has 3 rings (SSSR count). The molecule has 0 bridgehead atoms. The fourth-order valence-electron chi connectivity index (χ4n) is 2.07. The van der Waals surface area contributed by atoms with Gasteiger partial charge < -0.3 is 4.98 Å². The number of H-pyrrole nitrogens is 1. The number of hydrogen-bond donors (Lipinski definition) is 1. The van der Waals surface area contributed by atoms with Gasteiger partial charge >= 0.3 is 0 Å². The Morgan fingerprint density at radius 1 is 1.29 bits per heavy atom. The maximum atomic E-state index is 14.2. The maximum Gasteiger partial charge on any atom is 0.260 e. The van der Waals surface area contributed by atoms with Crippen LogP contribution < -0.4 is 5.56 Å². The molecule has 2 heterocycles. The number of halogens is 1. The lowest BCUT2D eigenvalue weighted by Crippen LogP contribution is -2.07. The van der Waals surface area contributed by atoms with E-state index in [1.54, 1.807) is 0 Å². The SMILES string of the molecule is CS(=O)(=O)c1ccc(-n2ccc3c(=O)[nH]cnc32)c(F)c1. The minimum absolute atomic E-state index is 0.106. The minimum Gasteiger partial charge on any atom is -0.313 e. The summed E-state index contributed by atoms with van der Waals surface area (Å²) in [6.45, 7) is 0. The van der Waals surface area contributed by atoms with E-state index in [9.17, 15) is 17.6 Å². The Balaban J connectivity index is 2.25. The van der Waals surface area contributed by atoms with E-state index in [-0.39, 0.29) is 16.1 Å². The molecule has 0 unspecified atom stereocenters. The fourth-order valence-corrected chi connectivity index (χ4v) is 2.70. The first-order valence-electron chi connectivity index (χ1n) is 5.92. The Morgan fingerprint density at radius 3 is 2.71 bits per heavy atom. The third kappa shape index (κ3) is 2.23. The van der Waals surface area contributed by atoms with Crippen molar-refractivity contribution in [3.63, 3.8) is 0 Å². The predicted molar refractivity (Wildman–Crippen MR) is 74.8 cm³/mol. The van der Waals surface area contributed by atoms with E-state index in [2.05, 4.69) is 9.97 Å². The van der Waals surface area contributed by atoms with Crippen LogP contribution in [0.15, 0.2) is 46.5 Å². The topological polar surface area (TPSA) is 84.8 Å². The van der Waals surface area contributed by atoms with Gasteiger partial charge in [-0.05, 0) is 24.3 Å². The lowest BCUT2D eigenvalue weighted by Gasteiger charge is -2.07. The first kappa shape index (κ1) is 13.5. The van der Waals surface area contributed by atoms with Gasteiger partial charge in [-0.15, -0.1) is 0 Å². The second-order valence-corrected chi connectivity index (χ2v) is 6.56. The number of hydrogen-bond acceptors (Lipinski definition) is 4. The molecule has 0 atom stereocenters. The Hall–Kier alpha value is -2.48. The van der Waals surface area contributed by atoms with Gasteiger partial charge in [0, 0.05) is 12.5 Å². The van der Waals surface area contributed by atoms with Crippen LogP contribution in [-0.4, -0.2) is 29.2 Å². The number of fused-ring (bicyclic) bond motifs is 1. The van der Waals surface area contributed by atoms with Crippen molar-refractivity contribution in [2.45, 2.75) is 4.90 Å². The monoisotopic (exact) mass is 307 g/mol. The number of nitrogens with zero attached hydrogens (tertiary/aromatic N) is 2. The van der Waals surface area contributed by atoms with E-state index in [1.165, 1.54) is 35.3 Å². The van der Waals surface area contributed by atoms with Crippen molar-refractivity contribution in [1.82, 2.24) is 14.5 Å². The van der Waals surface area contributed by atoms with Crippen LogP contribution in [0.2, 0.25) is 0 Å². The average molecular weight is 307 g/mol. The second-order valence-electron chi connectivity index (χ2n) is 4.54. The normalized spacial score (nSPS) is 11.9. The Morgan fingerprint density at radius 2 is 2.05 bits per heavy atom. The third-order valence-electron chi connectivity index (χ3n) is 3.09. The molecule has 21 heavy (non-hydrogen) atoms. The van der Waals surface area contributed by atoms with Gasteiger partial charge in [0.1, 0.15) is 5.82 Å². The molecule has 6 nitrogen and oxygen atoms in total. The molecule has 0 fully saturated rings. The van der Waals surface area contributed by atoms with Crippen molar-refractivity contribution < 1.29 is 12.8 Å². The number of benzene rings is 1. The highest BCUT2D eigenvalue weighted by atomic mass is 32.2. The quantitative estimate of drug-likeness (QED) is 0.772. The number of sulfone groups is 1. The van der Waals surface area contributed by atoms with E-state index < -0.39 is 15.7 Å². The zero-order valence-corrected chi connectivity index (χ0v) is 11.7. The first-order valence-corrected chi connectivity index (χ1v) is 7.82. The highest BCUT2D eigenvalue weighted by Crippen LogP contribution is 2.21. The van der Waals surface area contributed by atoms with Crippen LogP contribution >= 0.6 is 0 Å². The smallest absolute Gasteiger partial charge is 0.260 e. The molecule has 2 aromatic heterocycles. The summed E-state index contributed by atoms with van der Waals surface area (Å²) in [6.07, 6.45) is 3.74. The number of nitrogens with one attached hydrogen (secondary N) is 1. The van der Waals surface area contributed by atoms with Crippen molar-refractivity contribution in [3.8, 4) is 5.69 Å². The van der Waals surface area contributed by atoms with Gasteiger partial charge in [-0.1, -0.05) is 0 Å². The molecular weight excluding hydrogens is 297 g/mol. The highest BCUT2D eigenvalue weighted by Gasteiger charge is 2.14. The highest BCUT2D eigenvalue weighted by molar-refractivity contribution is 7.90. The van der Waals surface area contributed by atoms with Gasteiger partial charge in [0.15, 0.2) is 15.5 Å². The molecule has 0 aliphatic carbocycles. The minimum atomic E-state index is -3.48. The average Bonchev–Trinajstić information content (AvgIpc) is 2.83. The summed E-state index contributed by atoms with van der Waals surface area (Å²) in [5.41, 5.74) is 0.0900. The zero-order valence-electron chi connectivity index (χ0n) is 10.9. The lowest BCUT2D eigenvalue weighted by atomic mass is 10.3. The Kier molecular flexibility index (Phi) is 2.91. The summed E-state index contributed by atoms with van der Waals surface area (Å²) in [5, 5.41) is 0.323. The molecule has 0 amide bonds. The molecule has 1 aromatic carbocycles. The van der Waals surface area contributed by atoms with Crippen molar-refractivity contribution in [2.75, 3.05) is 6.26 Å². The zero-order chi connectivity index (χ0) is 15.2. The summed E-state index contributed by atoms with van der Waals surface area (Å²) >= 11 is 0. The van der Waals surface area contributed by atoms with Gasteiger partial charge in [-0.2, -0.15) is 0 Å². The van der Waals surface area contributed by atoms with Gasteiger partial charge in [0.05, 0.1) is 22.3 Å². The Labute approximate surface area is 118 Å². The molecule has 8 heteroatoms. The predicted octanol–water partition coefficient (Wildman–Crippen LogP) is 1.26. The van der Waals surface area contributed by atoms with Crippen LogP contribution in [0.5, 0.6) is 0 Å². The molecule has 1 N–H and O–H groups in total. The van der Waals surface area contributed by atoms with Gasteiger partial charge in [0.2, 0.25) is 0 Å². The van der Waals surface area contributed by atoms with Crippen molar-refractivity contribution in [2.24, 2.45) is 0 Å². The van der Waals surface area contributed by atoms with Gasteiger partial charge in [-0.25, -0.2) is 17.8 Å². The summed E-state index contributed by atoms with van der Waals surface area (Å²) in [6, 6.07) is 5.12. The number of aromatic nitrogens is 3. The van der Waals surface area contributed by atoms with Gasteiger partial charge in [-0.3, -0.25) is 9.36 Å². The van der Waals surface area contributed by atoms with Crippen molar-refractivity contribution in [1.29, 1.82) is 0 Å². The molecule has 0 saturated carbocycles. The summed E-state index contributed by atoms with van der Waals surface area (Å²) < 4.78 is 38.4. The van der Waals surface area contributed by atoms with Crippen LogP contribution in [0.25, 0.3) is 16.7 Å². The van der Waals surface area contributed by atoms with Crippen LogP contribution in [-0.2, 0) is 9.84 Å². The summed E-state index contributed by atoms with van der Waals surface area (Å²) in [4.78, 5) is 17.9. The number of aromatic amines is 1. The van der Waals surface area contributed by atoms with E-state index in [4.69, 9.17) is 0 Å². The van der Waals surface area contributed by atoms with Crippen LogP contribution in [0.3, 0.4) is 0 Å². The Bertz CT molecular complexity index is 1000. The van der Waals surface area contributed by atoms with E-state index in [0.29, 0.717) is 11.0 Å². The largest absolute Gasteiger partial charge is 0.313 e. The van der Waals surface area contributed by atoms with Crippen molar-refractivity contribution >= 4 is 20.9 Å². The molecule has 108 valence electrons. The second kappa shape index (κ2) is 4.52. The first-order chi connectivity index (χ1) is 9.88. The standard InChI is InChI=1S/C13H10FN3O3S/c1-21(19,20)8-2-3-11(10(14)6-8)17-5-4-9-12(17)15-7-16-13(9)18/h2-7H,1H3,(H,15,16,18). The summed E-state index contributed by atoms with van der Waals surface area (Å²) in [5.74, 6) is -0.711. The molecule has 0 spiro atoms. The van der Waals surface area contributed by atoms with Crippen molar-refractivity contribution in [3.05, 3.63) is 53.0 Å². The molecule has 3 aromatic rings. The lowest BCUT2D eigenvalue weighted by molar-refractivity contribution is 0.594. The van der Waals surface area contributed by atoms with E-state index in [1.807, 2.05) is 0 Å². The third-order valence-corrected chi connectivity index (χ3v) is 4.20. The maximum absolute atomic E-state index is 14.2. The molecular formula is C13H10FN3O3S. The molecule has 0 aliphatic heterocycles. The van der Waals surface area contributed by atoms with Crippen LogP contribution in [0.4, 0.5) is 4.39 Å². The molecule has 0 radical (unpaired) electrons. The van der Waals surface area contributed by atoms with Crippen LogP contribution in [0, 0.1) is 5.82 Å². The molecule has 0 aliphatic rings.